The summed E-state index contributed by atoms with van der Waals surface area (Å²) >= 11 is 0. The minimum Gasteiger partial charge on any atom is -0.383 e. The molecule has 0 bridgehead atoms. The van der Waals surface area contributed by atoms with Crippen LogP contribution in [0.1, 0.15) is 58.6 Å². The molecule has 250 valence electrons. The number of nitrogens with zero attached hydrogens (tertiary/aromatic N) is 3. The second kappa shape index (κ2) is 13.3. The van der Waals surface area contributed by atoms with Crippen molar-refractivity contribution >= 4 is 21.5 Å². The van der Waals surface area contributed by atoms with Crippen molar-refractivity contribution in [2.75, 3.05) is 18.9 Å². The van der Waals surface area contributed by atoms with Gasteiger partial charge in [0.2, 0.25) is 0 Å². The first kappa shape index (κ1) is 33.9. The molecular formula is C25H37N5O13P2. The van der Waals surface area contributed by atoms with Gasteiger partial charge in [0.25, 0.3) is 5.56 Å². The Hall–Kier alpha value is -2.50. The predicted molar refractivity (Wildman–Crippen MR) is 155 cm³/mol. The van der Waals surface area contributed by atoms with E-state index in [0.717, 1.165) is 0 Å². The molecule has 0 saturated carbocycles. The van der Waals surface area contributed by atoms with Gasteiger partial charge in [0.1, 0.15) is 42.7 Å². The van der Waals surface area contributed by atoms with Crippen LogP contribution in [0.3, 0.4) is 0 Å². The highest BCUT2D eigenvalue weighted by Crippen LogP contribution is 2.58. The molecule has 6 rings (SSSR count). The number of aromatic nitrogens is 4. The van der Waals surface area contributed by atoms with Gasteiger partial charge < -0.3 is 15.2 Å². The molecule has 0 amide bonds. The maximum absolute atomic E-state index is 12.4. The van der Waals surface area contributed by atoms with E-state index in [1.165, 1.54) is 27.6 Å². The van der Waals surface area contributed by atoms with Crippen molar-refractivity contribution in [3.05, 3.63) is 55.3 Å². The van der Waals surface area contributed by atoms with Crippen LogP contribution in [0.2, 0.25) is 0 Å². The number of nitrogens with one attached hydrogen (secondary N) is 1. The number of phosphoric acid groups is 2. The summed E-state index contributed by atoms with van der Waals surface area (Å²) in [5, 5.41) is 0. The molecule has 18 nitrogen and oxygen atoms in total. The summed E-state index contributed by atoms with van der Waals surface area (Å²) < 4.78 is 70.5. The van der Waals surface area contributed by atoms with Crippen LogP contribution in [0.15, 0.2) is 32.8 Å². The van der Waals surface area contributed by atoms with Gasteiger partial charge in [0, 0.05) is 30.8 Å². The summed E-state index contributed by atoms with van der Waals surface area (Å²) in [6.07, 6.45) is 0.00730. The van der Waals surface area contributed by atoms with Gasteiger partial charge in [-0.05, 0) is 40.7 Å². The smallest absolute Gasteiger partial charge is 0.383 e. The zero-order chi connectivity index (χ0) is 32.7. The molecule has 4 saturated heterocycles. The molecule has 0 radical (unpaired) electrons. The Balaban J connectivity index is 0.000000178. The van der Waals surface area contributed by atoms with E-state index >= 15 is 0 Å². The number of anilines is 1. The quantitative estimate of drug-likeness (QED) is 0.418. The van der Waals surface area contributed by atoms with Crippen LogP contribution in [-0.2, 0) is 45.7 Å². The lowest BCUT2D eigenvalue weighted by Gasteiger charge is -2.30. The molecule has 20 heteroatoms. The Labute approximate surface area is 257 Å². The van der Waals surface area contributed by atoms with Crippen LogP contribution in [-0.4, -0.2) is 68.9 Å². The summed E-state index contributed by atoms with van der Waals surface area (Å²) in [5.74, 6) is 0.145. The standard InChI is InChI=1S/C13H19N2O7P.C12H18N3O6P/c1-7(2)21-23(18)19-6-10-9(22-23)4-11(20-10)15-5-8(3)12(16)14-13(15)17;1-7(2)20-22(17)18-6-9-8(21-22)5-11(19-9)15-4-3-10(13)14-12(15)16/h5,7,9-11H,4,6H2,1-3H3,(H,14,16,17);3-4,7-9,11H,5-6H2,1-2H3,(H2,13,14,16)/t9-,10+,11+,23?;8-,9+,11+,22?/m00/s1. The van der Waals surface area contributed by atoms with Gasteiger partial charge in [-0.3, -0.25) is 46.1 Å². The number of nitrogens with two attached hydrogens (primary N) is 1. The highest BCUT2D eigenvalue weighted by Gasteiger charge is 2.49. The first-order valence-corrected chi connectivity index (χ1v) is 17.3. The van der Waals surface area contributed by atoms with Crippen molar-refractivity contribution in [2.24, 2.45) is 0 Å². The fraction of sp³-hybridized carbons (Fsp3) is 0.680. The van der Waals surface area contributed by atoms with Crippen LogP contribution in [0.25, 0.3) is 0 Å². The summed E-state index contributed by atoms with van der Waals surface area (Å²) in [6.45, 7) is 8.69. The zero-order valence-corrected chi connectivity index (χ0v) is 27.1. The Bertz CT molecular complexity index is 1660. The molecule has 2 aromatic heterocycles. The Morgan fingerprint density at radius 1 is 0.889 bits per heavy atom. The van der Waals surface area contributed by atoms with E-state index in [2.05, 4.69) is 9.97 Å². The van der Waals surface area contributed by atoms with E-state index in [-0.39, 0.29) is 31.2 Å². The molecule has 45 heavy (non-hydrogen) atoms. The fourth-order valence-corrected chi connectivity index (χ4v) is 8.20. The molecule has 0 spiro atoms. The Morgan fingerprint density at radius 3 is 1.89 bits per heavy atom. The van der Waals surface area contributed by atoms with Gasteiger partial charge in [-0.25, -0.2) is 18.7 Å². The van der Waals surface area contributed by atoms with Crippen LogP contribution in [0.5, 0.6) is 0 Å². The lowest BCUT2D eigenvalue weighted by atomic mass is 10.2. The SMILES string of the molecule is CC(C)OP1(=O)OC[C@H]2O[C@@H](n3ccc(N)nc3=O)C[C@@H]2O1.Cc1cn([C@H]2C[C@@H]3OP(=O)(OC(C)C)OC[C@H]3O2)c(=O)[nH]c1=O. The molecule has 0 aliphatic carbocycles. The van der Waals surface area contributed by atoms with Crippen molar-refractivity contribution in [3.8, 4) is 0 Å². The molecule has 6 heterocycles. The highest BCUT2D eigenvalue weighted by molar-refractivity contribution is 7.48. The molecule has 4 fully saturated rings. The number of ether oxygens (including phenoxy) is 2. The molecular weight excluding hydrogens is 640 g/mol. The maximum Gasteiger partial charge on any atom is 0.475 e. The normalized spacial score (nSPS) is 34.3. The van der Waals surface area contributed by atoms with Gasteiger partial charge in [-0.15, -0.1) is 0 Å². The summed E-state index contributed by atoms with van der Waals surface area (Å²) in [7, 11) is -7.19. The van der Waals surface area contributed by atoms with E-state index in [4.69, 9.17) is 42.3 Å². The average Bonchev–Trinajstić information content (AvgIpc) is 3.52. The van der Waals surface area contributed by atoms with Crippen molar-refractivity contribution in [1.29, 1.82) is 0 Å². The van der Waals surface area contributed by atoms with Gasteiger partial charge in [0.05, 0.1) is 25.4 Å². The number of H-pyrrole nitrogens is 1. The molecule has 2 aromatic rings. The first-order chi connectivity index (χ1) is 21.1. The van der Waals surface area contributed by atoms with Gasteiger partial charge in [-0.1, -0.05) is 0 Å². The third-order valence-corrected chi connectivity index (χ3v) is 10.3. The summed E-state index contributed by atoms with van der Waals surface area (Å²) in [4.78, 5) is 41.1. The van der Waals surface area contributed by atoms with E-state index in [1.54, 1.807) is 34.6 Å². The van der Waals surface area contributed by atoms with Crippen molar-refractivity contribution in [3.63, 3.8) is 0 Å². The number of fused-ring (bicyclic) bond motifs is 2. The summed E-state index contributed by atoms with van der Waals surface area (Å²) in [6, 6.07) is 1.51. The molecule has 4 aliphatic heterocycles. The number of hydrogen-bond acceptors (Lipinski definition) is 15. The third-order valence-electron chi connectivity index (χ3n) is 6.98. The van der Waals surface area contributed by atoms with Gasteiger partial charge >= 0.3 is 27.0 Å². The lowest BCUT2D eigenvalue weighted by molar-refractivity contribution is -0.0750. The number of phosphoric ester groups is 2. The number of nitrogen functional groups attached to an aromatic ring is 1. The molecule has 4 aliphatic rings. The topological polar surface area (TPSA) is 224 Å². The van der Waals surface area contributed by atoms with Crippen molar-refractivity contribution in [1.82, 2.24) is 19.1 Å². The van der Waals surface area contributed by atoms with Gasteiger partial charge in [-0.2, -0.15) is 4.98 Å². The minimum absolute atomic E-state index is 0.0578. The Morgan fingerprint density at radius 2 is 1.40 bits per heavy atom. The Kier molecular flexibility index (Phi) is 10.0. The number of hydrogen-bond donors (Lipinski definition) is 2. The van der Waals surface area contributed by atoms with E-state index in [9.17, 15) is 23.5 Å². The van der Waals surface area contributed by atoms with Crippen LogP contribution in [0, 0.1) is 6.92 Å². The lowest BCUT2D eigenvalue weighted by Crippen LogP contribution is -2.34. The van der Waals surface area contributed by atoms with E-state index in [1.807, 2.05) is 0 Å². The first-order valence-electron chi connectivity index (χ1n) is 14.3. The highest BCUT2D eigenvalue weighted by atomic mass is 31.2. The van der Waals surface area contributed by atoms with E-state index < -0.39 is 69.5 Å². The largest absolute Gasteiger partial charge is 0.475 e. The second-order valence-corrected chi connectivity index (χ2v) is 14.5. The number of aromatic amines is 1. The number of rotatable bonds is 6. The molecule has 3 N–H and O–H groups in total. The van der Waals surface area contributed by atoms with Crippen LogP contribution < -0.4 is 22.7 Å². The second-order valence-electron chi connectivity index (χ2n) is 11.3. The van der Waals surface area contributed by atoms with E-state index in [0.29, 0.717) is 18.4 Å². The minimum atomic E-state index is -3.61. The monoisotopic (exact) mass is 677 g/mol. The molecule has 2 unspecified atom stereocenters. The van der Waals surface area contributed by atoms with Crippen molar-refractivity contribution in [2.45, 2.75) is 96.5 Å². The number of aryl methyl sites for hydroxylation is 1. The summed E-state index contributed by atoms with van der Waals surface area (Å²) in [5.41, 5.74) is 4.35. The molecule has 0 aromatic carbocycles. The fourth-order valence-electron chi connectivity index (χ4n) is 5.06. The van der Waals surface area contributed by atoms with Crippen molar-refractivity contribution < 1.29 is 45.7 Å². The van der Waals surface area contributed by atoms with Crippen LogP contribution in [0.4, 0.5) is 5.82 Å². The predicted octanol–water partition coefficient (Wildman–Crippen LogP) is 2.14. The maximum atomic E-state index is 12.4. The van der Waals surface area contributed by atoms with Gasteiger partial charge in [0.15, 0.2) is 0 Å². The third kappa shape index (κ3) is 7.91. The zero-order valence-electron chi connectivity index (χ0n) is 25.3. The average molecular weight is 678 g/mol. The van der Waals surface area contributed by atoms with Crippen LogP contribution >= 0.6 is 15.6 Å². The molecule has 8 atom stereocenters.